The van der Waals surface area contributed by atoms with Crippen molar-refractivity contribution >= 4 is 28.4 Å². The highest BCUT2D eigenvalue weighted by Gasteiger charge is 2.35. The quantitative estimate of drug-likeness (QED) is 0.320. The van der Waals surface area contributed by atoms with Crippen molar-refractivity contribution in [1.82, 2.24) is 14.5 Å². The molecule has 6 rings (SSSR count). The maximum Gasteiger partial charge on any atom is 0.341 e. The van der Waals surface area contributed by atoms with E-state index in [9.17, 15) is 19.1 Å². The van der Waals surface area contributed by atoms with E-state index < -0.39 is 23.0 Å². The average Bonchev–Trinajstić information content (AvgIpc) is 3.36. The van der Waals surface area contributed by atoms with Crippen molar-refractivity contribution in [1.29, 1.82) is 0 Å². The van der Waals surface area contributed by atoms with Crippen LogP contribution in [0, 0.1) is 11.6 Å². The number of hydrogen-bond donors (Lipinski definition) is 2. The van der Waals surface area contributed by atoms with Crippen molar-refractivity contribution in [2.75, 3.05) is 50.7 Å². The lowest BCUT2D eigenvalue weighted by atomic mass is 9.96. The molecule has 12 heteroatoms. The molecule has 1 saturated heterocycles. The Kier molecular flexibility index (Phi) is 6.66. The van der Waals surface area contributed by atoms with Crippen molar-refractivity contribution in [2.24, 2.45) is 7.05 Å². The molecule has 1 aromatic carbocycles. The number of hydrogen-bond acceptors (Lipinski definition) is 8. The molecule has 4 aromatic rings. The summed E-state index contributed by atoms with van der Waals surface area (Å²) in [5, 5.41) is 12.6. The number of carboxylic acids is 1. The minimum Gasteiger partial charge on any atom is -0.477 e. The second-order valence-corrected chi connectivity index (χ2v) is 10.1. The van der Waals surface area contributed by atoms with Crippen molar-refractivity contribution < 1.29 is 28.2 Å². The Morgan fingerprint density at radius 1 is 1.24 bits per heavy atom. The Hall–Kier alpha value is -4.42. The van der Waals surface area contributed by atoms with Gasteiger partial charge in [0.1, 0.15) is 11.2 Å². The highest BCUT2D eigenvalue weighted by Crippen LogP contribution is 2.50. The molecule has 3 aromatic heterocycles. The van der Waals surface area contributed by atoms with Gasteiger partial charge >= 0.3 is 5.97 Å². The molecule has 1 atom stereocenters. The van der Waals surface area contributed by atoms with E-state index in [1.165, 1.54) is 10.8 Å². The molecule has 0 spiro atoms. The molecule has 0 radical (unpaired) electrons. The molecule has 10 nitrogen and oxygen atoms in total. The maximum absolute atomic E-state index is 15.6. The lowest BCUT2D eigenvalue weighted by Gasteiger charge is -2.36. The van der Waals surface area contributed by atoms with Gasteiger partial charge in [-0.25, -0.2) is 18.6 Å². The number of nitrogens with one attached hydrogen (secondary N) is 1. The summed E-state index contributed by atoms with van der Waals surface area (Å²) < 4.78 is 43.1. The van der Waals surface area contributed by atoms with Gasteiger partial charge in [-0.2, -0.15) is 0 Å². The molecule has 0 amide bonds. The fraction of sp³-hybridized carbons (Fsp3) is 0.310. The number of carbonyl (C=O) groups is 1. The minimum absolute atomic E-state index is 0.116. The summed E-state index contributed by atoms with van der Waals surface area (Å²) in [5.74, 6) is -3.28. The molecule has 1 unspecified atom stereocenters. The van der Waals surface area contributed by atoms with Crippen LogP contribution in [0.15, 0.2) is 35.5 Å². The fourth-order valence-corrected chi connectivity index (χ4v) is 5.85. The molecule has 0 saturated carbocycles. The SMILES string of the molecule is CNc1cc(F)c(F)c2c1Cc1ncc(-c3cnc4c(c3)c(=O)c(C(=O)O)cn4C)c(N3CCOC(COC)C3)c1-2. The number of nitrogens with zero attached hydrogens (tertiary/aromatic N) is 4. The van der Waals surface area contributed by atoms with Crippen LogP contribution >= 0.6 is 0 Å². The number of halogens is 2. The lowest BCUT2D eigenvalue weighted by molar-refractivity contribution is -0.00997. The van der Waals surface area contributed by atoms with Gasteiger partial charge in [-0.3, -0.25) is 9.78 Å². The zero-order valence-electron chi connectivity index (χ0n) is 22.6. The Morgan fingerprint density at radius 2 is 2.05 bits per heavy atom. The summed E-state index contributed by atoms with van der Waals surface area (Å²) >= 11 is 0. The maximum atomic E-state index is 15.6. The Morgan fingerprint density at radius 3 is 2.78 bits per heavy atom. The van der Waals surface area contributed by atoms with Gasteiger partial charge in [-0.15, -0.1) is 0 Å². The molecular formula is C29H27F2N5O5. The molecule has 2 aliphatic rings. The van der Waals surface area contributed by atoms with Crippen molar-refractivity contribution in [3.63, 3.8) is 0 Å². The van der Waals surface area contributed by atoms with E-state index in [1.54, 1.807) is 39.7 Å². The van der Waals surface area contributed by atoms with Crippen LogP contribution in [-0.4, -0.2) is 72.2 Å². The number of ether oxygens (including phenoxy) is 2. The number of benzene rings is 1. The van der Waals surface area contributed by atoms with E-state index in [1.807, 2.05) is 4.90 Å². The molecule has 1 aliphatic heterocycles. The van der Waals surface area contributed by atoms with Crippen molar-refractivity contribution in [2.45, 2.75) is 12.5 Å². The van der Waals surface area contributed by atoms with E-state index >= 15 is 4.39 Å². The molecule has 1 aliphatic carbocycles. The second kappa shape index (κ2) is 10.2. The number of carboxylic acid groups (broad SMARTS) is 1. The number of methoxy groups -OCH3 is 1. The number of aryl methyl sites for hydroxylation is 1. The molecule has 1 fully saturated rings. The van der Waals surface area contributed by atoms with Crippen molar-refractivity contribution in [3.05, 3.63) is 69.4 Å². The van der Waals surface area contributed by atoms with Crippen LogP contribution < -0.4 is 15.6 Å². The van der Waals surface area contributed by atoms with E-state index in [4.69, 9.17) is 9.47 Å². The Balaban J connectivity index is 1.64. The van der Waals surface area contributed by atoms with Crippen LogP contribution in [0.1, 0.15) is 21.6 Å². The van der Waals surface area contributed by atoms with Crippen LogP contribution in [0.3, 0.4) is 0 Å². The van der Waals surface area contributed by atoms with Gasteiger partial charge in [0.25, 0.3) is 0 Å². The first-order chi connectivity index (χ1) is 19.7. The summed E-state index contributed by atoms with van der Waals surface area (Å²) in [6, 6.07) is 2.72. The summed E-state index contributed by atoms with van der Waals surface area (Å²) in [6.45, 7) is 1.59. The number of aromatic nitrogens is 3. The standard InChI is InChI=1S/C29H27F2N5O5/c1-32-21-8-20(30)25(31)23-16(21)7-22-24(23)26(36-4-5-41-15(11-36)13-40-3)18(10-33-22)14-6-17-27(37)19(29(38)39)12-35(2)28(17)34-9-14/h6,8-10,12,15,32H,4-5,7,11,13H2,1-3H3,(H,38,39). The predicted octanol–water partition coefficient (Wildman–Crippen LogP) is 3.44. The first kappa shape index (κ1) is 26.8. The van der Waals surface area contributed by atoms with Gasteiger partial charge in [0, 0.05) is 93.3 Å². The third-order valence-electron chi connectivity index (χ3n) is 7.68. The van der Waals surface area contributed by atoms with E-state index in [0.717, 1.165) is 6.07 Å². The molecule has 212 valence electrons. The number of anilines is 2. The fourth-order valence-electron chi connectivity index (χ4n) is 5.85. The minimum atomic E-state index is -1.34. The van der Waals surface area contributed by atoms with Gasteiger partial charge in [-0.1, -0.05) is 0 Å². The molecule has 0 bridgehead atoms. The zero-order valence-corrected chi connectivity index (χ0v) is 22.6. The third kappa shape index (κ3) is 4.30. The number of fused-ring (bicyclic) bond motifs is 4. The summed E-state index contributed by atoms with van der Waals surface area (Å²) in [5.41, 5.74) is 3.17. The molecule has 2 N–H and O–H groups in total. The Bertz CT molecular complexity index is 1790. The number of aromatic carboxylic acids is 1. The molecule has 4 heterocycles. The number of pyridine rings is 3. The summed E-state index contributed by atoms with van der Waals surface area (Å²) in [4.78, 5) is 36.0. The zero-order chi connectivity index (χ0) is 29.0. The van der Waals surface area contributed by atoms with E-state index in [0.29, 0.717) is 77.7 Å². The van der Waals surface area contributed by atoms with E-state index in [2.05, 4.69) is 15.3 Å². The molecule has 41 heavy (non-hydrogen) atoms. The normalized spacial score (nSPS) is 16.1. The average molecular weight is 564 g/mol. The first-order valence-corrected chi connectivity index (χ1v) is 13.0. The van der Waals surface area contributed by atoms with Crippen LogP contribution in [0.2, 0.25) is 0 Å². The van der Waals surface area contributed by atoms with Crippen LogP contribution in [0.4, 0.5) is 20.2 Å². The number of morpholine rings is 1. The summed E-state index contributed by atoms with van der Waals surface area (Å²) in [6.07, 6.45) is 4.48. The van der Waals surface area contributed by atoms with Gasteiger partial charge < -0.3 is 29.4 Å². The first-order valence-electron chi connectivity index (χ1n) is 13.0. The predicted molar refractivity (Wildman–Crippen MR) is 149 cm³/mol. The van der Waals surface area contributed by atoms with Gasteiger partial charge in [0.2, 0.25) is 5.43 Å². The van der Waals surface area contributed by atoms with Gasteiger partial charge in [0.15, 0.2) is 11.6 Å². The second-order valence-electron chi connectivity index (χ2n) is 10.1. The highest BCUT2D eigenvalue weighted by molar-refractivity contribution is 5.98. The van der Waals surface area contributed by atoms with Gasteiger partial charge in [0.05, 0.1) is 36.1 Å². The van der Waals surface area contributed by atoms with E-state index in [-0.39, 0.29) is 22.6 Å². The highest BCUT2D eigenvalue weighted by atomic mass is 19.2. The smallest absolute Gasteiger partial charge is 0.341 e. The van der Waals surface area contributed by atoms with Crippen LogP contribution in [-0.2, 0) is 22.9 Å². The Labute approximate surface area is 233 Å². The summed E-state index contributed by atoms with van der Waals surface area (Å²) in [7, 11) is 4.85. The molecular weight excluding hydrogens is 536 g/mol. The third-order valence-corrected chi connectivity index (χ3v) is 7.68. The largest absolute Gasteiger partial charge is 0.477 e. The van der Waals surface area contributed by atoms with Crippen LogP contribution in [0.25, 0.3) is 33.3 Å². The topological polar surface area (TPSA) is 119 Å². The van der Waals surface area contributed by atoms with Crippen LogP contribution in [0.5, 0.6) is 0 Å². The van der Waals surface area contributed by atoms with Gasteiger partial charge in [-0.05, 0) is 11.6 Å². The monoisotopic (exact) mass is 563 g/mol. The van der Waals surface area contributed by atoms with Crippen molar-refractivity contribution in [3.8, 4) is 22.3 Å². The number of rotatable bonds is 6. The lowest BCUT2D eigenvalue weighted by Crippen LogP contribution is -2.44.